The van der Waals surface area contributed by atoms with Crippen LogP contribution in [0, 0.1) is 11.3 Å². The second kappa shape index (κ2) is 6.63. The molecule has 0 aliphatic carbocycles. The van der Waals surface area contributed by atoms with Crippen LogP contribution in [0.3, 0.4) is 0 Å². The number of phenols is 1. The van der Waals surface area contributed by atoms with E-state index in [2.05, 4.69) is 19.2 Å². The van der Waals surface area contributed by atoms with Crippen LogP contribution in [-0.2, 0) is 4.74 Å². The minimum atomic E-state index is -0.136. The number of urea groups is 1. The van der Waals surface area contributed by atoms with E-state index in [1.165, 1.54) is 0 Å². The zero-order valence-corrected chi connectivity index (χ0v) is 14.8. The lowest BCUT2D eigenvalue weighted by Gasteiger charge is -2.60. The van der Waals surface area contributed by atoms with E-state index >= 15 is 0 Å². The predicted molar refractivity (Wildman–Crippen MR) is 92.9 cm³/mol. The summed E-state index contributed by atoms with van der Waals surface area (Å²) in [7, 11) is 0. The molecule has 2 saturated heterocycles. The fourth-order valence-corrected chi connectivity index (χ4v) is 4.39. The lowest BCUT2D eigenvalue weighted by Crippen LogP contribution is -2.71. The van der Waals surface area contributed by atoms with Crippen molar-refractivity contribution in [2.24, 2.45) is 11.3 Å². The number of amides is 2. The lowest BCUT2D eigenvalue weighted by molar-refractivity contribution is -0.125. The SMILES string of the molecule is CC(C)C1N(C(=O)N[C@@H](C)c2cccc(O)c2)CC12CCOCC2. The maximum Gasteiger partial charge on any atom is 0.318 e. The highest BCUT2D eigenvalue weighted by Gasteiger charge is 2.55. The number of rotatable bonds is 3. The largest absolute Gasteiger partial charge is 0.508 e. The molecular weight excluding hydrogens is 304 g/mol. The first-order chi connectivity index (χ1) is 11.4. The van der Waals surface area contributed by atoms with Gasteiger partial charge >= 0.3 is 6.03 Å². The molecule has 132 valence electrons. The topological polar surface area (TPSA) is 61.8 Å². The minimum absolute atomic E-state index is 0.0124. The highest BCUT2D eigenvalue weighted by atomic mass is 16.5. The Kier molecular flexibility index (Phi) is 4.72. The number of aromatic hydroxyl groups is 1. The van der Waals surface area contributed by atoms with Crippen LogP contribution in [0.2, 0.25) is 0 Å². The highest BCUT2D eigenvalue weighted by molar-refractivity contribution is 5.76. The molecule has 0 radical (unpaired) electrons. The predicted octanol–water partition coefficient (Wildman–Crippen LogP) is 3.30. The first kappa shape index (κ1) is 17.1. The van der Waals surface area contributed by atoms with E-state index in [-0.39, 0.29) is 29.3 Å². The van der Waals surface area contributed by atoms with Crippen molar-refractivity contribution in [3.05, 3.63) is 29.8 Å². The zero-order valence-electron chi connectivity index (χ0n) is 14.8. The van der Waals surface area contributed by atoms with Crippen molar-refractivity contribution in [3.63, 3.8) is 0 Å². The number of phenolic OH excluding ortho intramolecular Hbond substituents is 1. The van der Waals surface area contributed by atoms with Crippen LogP contribution in [0.15, 0.2) is 24.3 Å². The van der Waals surface area contributed by atoms with Gasteiger partial charge in [0.1, 0.15) is 5.75 Å². The number of hydrogen-bond acceptors (Lipinski definition) is 3. The van der Waals surface area contributed by atoms with Gasteiger partial charge < -0.3 is 20.1 Å². The number of ether oxygens (including phenoxy) is 1. The molecule has 2 N–H and O–H groups in total. The number of likely N-dealkylation sites (tertiary alicyclic amines) is 1. The third kappa shape index (κ3) is 3.09. The van der Waals surface area contributed by atoms with Gasteiger partial charge in [-0.1, -0.05) is 26.0 Å². The van der Waals surface area contributed by atoms with E-state index in [1.807, 2.05) is 17.9 Å². The van der Waals surface area contributed by atoms with Crippen molar-refractivity contribution < 1.29 is 14.6 Å². The molecule has 3 rings (SSSR count). The monoisotopic (exact) mass is 332 g/mol. The summed E-state index contributed by atoms with van der Waals surface area (Å²) in [4.78, 5) is 14.7. The molecule has 1 unspecified atom stereocenters. The van der Waals surface area contributed by atoms with E-state index in [4.69, 9.17) is 4.74 Å². The molecule has 0 aromatic heterocycles. The van der Waals surface area contributed by atoms with Crippen molar-refractivity contribution in [2.45, 2.75) is 45.7 Å². The first-order valence-corrected chi connectivity index (χ1v) is 8.87. The standard InChI is InChI=1S/C19H28N2O3/c1-13(2)17-19(7-9-24-10-8-19)12-21(17)18(23)20-14(3)15-5-4-6-16(22)11-15/h4-6,11,13-14,17,22H,7-10,12H2,1-3H3,(H,20,23)/t14-,17?/m0/s1. The van der Waals surface area contributed by atoms with E-state index in [0.29, 0.717) is 5.92 Å². The van der Waals surface area contributed by atoms with Crippen molar-refractivity contribution in [1.82, 2.24) is 10.2 Å². The Hall–Kier alpha value is -1.75. The van der Waals surface area contributed by atoms with Crippen LogP contribution in [0.4, 0.5) is 4.79 Å². The van der Waals surface area contributed by atoms with Gasteiger partial charge in [0.15, 0.2) is 0 Å². The third-order valence-corrected chi connectivity index (χ3v) is 5.54. The van der Waals surface area contributed by atoms with Gasteiger partial charge in [-0.3, -0.25) is 0 Å². The number of nitrogens with one attached hydrogen (secondary N) is 1. The average molecular weight is 332 g/mol. The molecule has 1 aromatic rings. The Bertz CT molecular complexity index is 596. The maximum atomic E-state index is 12.8. The summed E-state index contributed by atoms with van der Waals surface area (Å²) in [5, 5.41) is 12.7. The Morgan fingerprint density at radius 3 is 2.67 bits per heavy atom. The zero-order chi connectivity index (χ0) is 17.3. The summed E-state index contributed by atoms with van der Waals surface area (Å²) < 4.78 is 5.52. The number of nitrogens with zero attached hydrogens (tertiary/aromatic N) is 1. The maximum absolute atomic E-state index is 12.8. The molecule has 2 atom stereocenters. The van der Waals surface area contributed by atoms with Crippen LogP contribution in [0.1, 0.15) is 45.2 Å². The Morgan fingerprint density at radius 1 is 1.33 bits per heavy atom. The van der Waals surface area contributed by atoms with Gasteiger partial charge in [-0.15, -0.1) is 0 Å². The van der Waals surface area contributed by atoms with Crippen LogP contribution in [0.5, 0.6) is 5.75 Å². The Morgan fingerprint density at radius 2 is 2.04 bits per heavy atom. The van der Waals surface area contributed by atoms with Gasteiger partial charge in [0.25, 0.3) is 0 Å². The summed E-state index contributed by atoms with van der Waals surface area (Å²) in [6.45, 7) is 8.76. The van der Waals surface area contributed by atoms with Gasteiger partial charge in [-0.2, -0.15) is 0 Å². The number of benzene rings is 1. The van der Waals surface area contributed by atoms with E-state index in [9.17, 15) is 9.90 Å². The molecule has 5 heteroatoms. The normalized spacial score (nSPS) is 23.8. The van der Waals surface area contributed by atoms with E-state index < -0.39 is 0 Å². The molecule has 2 aliphatic heterocycles. The van der Waals surface area contributed by atoms with Crippen molar-refractivity contribution in [1.29, 1.82) is 0 Å². The van der Waals surface area contributed by atoms with Gasteiger partial charge in [0.05, 0.1) is 6.04 Å². The summed E-state index contributed by atoms with van der Waals surface area (Å²) in [5.41, 5.74) is 1.14. The molecule has 2 fully saturated rings. The molecule has 5 nitrogen and oxygen atoms in total. The first-order valence-electron chi connectivity index (χ1n) is 8.87. The van der Waals surface area contributed by atoms with Gasteiger partial charge in [0, 0.05) is 31.2 Å². The quantitative estimate of drug-likeness (QED) is 0.893. The van der Waals surface area contributed by atoms with Gasteiger partial charge in [0.2, 0.25) is 0 Å². The van der Waals surface area contributed by atoms with Crippen LogP contribution in [-0.4, -0.2) is 41.8 Å². The Balaban J connectivity index is 1.66. The number of carbonyl (C=O) groups excluding carboxylic acids is 1. The fourth-order valence-electron chi connectivity index (χ4n) is 4.39. The summed E-state index contributed by atoms with van der Waals surface area (Å²) >= 11 is 0. The second-order valence-electron chi connectivity index (χ2n) is 7.56. The Labute approximate surface area is 144 Å². The summed E-state index contributed by atoms with van der Waals surface area (Å²) in [5.74, 6) is 0.650. The van der Waals surface area contributed by atoms with Crippen molar-refractivity contribution >= 4 is 6.03 Å². The van der Waals surface area contributed by atoms with Crippen molar-refractivity contribution in [3.8, 4) is 5.75 Å². The molecule has 1 spiro atoms. The fraction of sp³-hybridized carbons (Fsp3) is 0.632. The highest BCUT2D eigenvalue weighted by Crippen LogP contribution is 2.48. The second-order valence-corrected chi connectivity index (χ2v) is 7.56. The van der Waals surface area contributed by atoms with Crippen LogP contribution < -0.4 is 5.32 Å². The summed E-state index contributed by atoms with van der Waals surface area (Å²) in [6, 6.07) is 7.17. The molecule has 0 bridgehead atoms. The van der Waals surface area contributed by atoms with E-state index in [1.54, 1.807) is 18.2 Å². The molecule has 2 heterocycles. The molecule has 24 heavy (non-hydrogen) atoms. The number of hydrogen-bond donors (Lipinski definition) is 2. The van der Waals surface area contributed by atoms with Crippen LogP contribution >= 0.6 is 0 Å². The van der Waals surface area contributed by atoms with E-state index in [0.717, 1.165) is 38.2 Å². The third-order valence-electron chi connectivity index (χ3n) is 5.54. The molecule has 2 amide bonds. The number of carbonyl (C=O) groups is 1. The minimum Gasteiger partial charge on any atom is -0.508 e. The van der Waals surface area contributed by atoms with Gasteiger partial charge in [-0.25, -0.2) is 4.79 Å². The van der Waals surface area contributed by atoms with Crippen LogP contribution in [0.25, 0.3) is 0 Å². The molecular formula is C19H28N2O3. The smallest absolute Gasteiger partial charge is 0.318 e. The average Bonchev–Trinajstić information content (AvgIpc) is 2.53. The summed E-state index contributed by atoms with van der Waals surface area (Å²) in [6.07, 6.45) is 2.09. The van der Waals surface area contributed by atoms with Gasteiger partial charge in [-0.05, 0) is 43.4 Å². The molecule has 2 aliphatic rings. The van der Waals surface area contributed by atoms with Crippen molar-refractivity contribution in [2.75, 3.05) is 19.8 Å². The molecule has 0 saturated carbocycles. The lowest BCUT2D eigenvalue weighted by atomic mass is 9.63. The molecule has 1 aromatic carbocycles.